The fourth-order valence-corrected chi connectivity index (χ4v) is 3.10. The quantitative estimate of drug-likeness (QED) is 0.811. The highest BCUT2D eigenvalue weighted by atomic mass is 16.2. The van der Waals surface area contributed by atoms with E-state index in [4.69, 9.17) is 11.0 Å². The molecule has 1 aliphatic heterocycles. The van der Waals surface area contributed by atoms with Crippen molar-refractivity contribution in [2.75, 3.05) is 32.7 Å². The molecule has 0 unspecified atom stereocenters. The Kier molecular flexibility index (Phi) is 4.78. The van der Waals surface area contributed by atoms with Crippen molar-refractivity contribution in [3.8, 4) is 6.07 Å². The summed E-state index contributed by atoms with van der Waals surface area (Å²) in [4.78, 5) is 16.4. The number of amides is 1. The monoisotopic (exact) mass is 264 g/mol. The van der Waals surface area contributed by atoms with Gasteiger partial charge in [-0.15, -0.1) is 0 Å². The topological polar surface area (TPSA) is 73.4 Å². The molecule has 1 aliphatic carbocycles. The normalized spacial score (nSPS) is 23.3. The molecule has 2 N–H and O–H groups in total. The molecule has 2 rings (SSSR count). The standard InChI is InChI=1S/C14H24N4O/c15-6-3-7-17-8-10-18(11-9-17)13(19)12-14(16)4-1-2-5-14/h1-5,7-12,16H2. The Morgan fingerprint density at radius 1 is 1.21 bits per heavy atom. The van der Waals surface area contributed by atoms with E-state index in [0.29, 0.717) is 12.8 Å². The SMILES string of the molecule is N#CCCN1CCN(C(=O)CC2(N)CCCC2)CC1. The van der Waals surface area contributed by atoms with E-state index in [9.17, 15) is 4.79 Å². The number of hydrogen-bond donors (Lipinski definition) is 1. The lowest BCUT2D eigenvalue weighted by atomic mass is 9.94. The van der Waals surface area contributed by atoms with Gasteiger partial charge in [0.25, 0.3) is 0 Å². The van der Waals surface area contributed by atoms with E-state index in [1.54, 1.807) is 0 Å². The maximum Gasteiger partial charge on any atom is 0.224 e. The van der Waals surface area contributed by atoms with Crippen LogP contribution in [-0.2, 0) is 4.79 Å². The fraction of sp³-hybridized carbons (Fsp3) is 0.857. The summed E-state index contributed by atoms with van der Waals surface area (Å²) in [5, 5.41) is 8.57. The molecule has 0 atom stereocenters. The number of nitriles is 1. The van der Waals surface area contributed by atoms with E-state index < -0.39 is 0 Å². The molecule has 0 aromatic rings. The third kappa shape index (κ3) is 3.92. The summed E-state index contributed by atoms with van der Waals surface area (Å²) in [6, 6.07) is 2.16. The first kappa shape index (κ1) is 14.3. The van der Waals surface area contributed by atoms with Crippen molar-refractivity contribution in [3.63, 3.8) is 0 Å². The molecule has 1 saturated heterocycles. The molecule has 2 fully saturated rings. The third-order valence-corrected chi connectivity index (χ3v) is 4.37. The van der Waals surface area contributed by atoms with Gasteiger partial charge in [-0.3, -0.25) is 9.69 Å². The number of nitrogens with two attached hydrogens (primary N) is 1. The van der Waals surface area contributed by atoms with Crippen molar-refractivity contribution in [2.45, 2.75) is 44.1 Å². The second kappa shape index (κ2) is 6.36. The smallest absolute Gasteiger partial charge is 0.224 e. The molecular weight excluding hydrogens is 240 g/mol. The van der Waals surface area contributed by atoms with Crippen LogP contribution in [0.4, 0.5) is 0 Å². The van der Waals surface area contributed by atoms with Crippen LogP contribution < -0.4 is 5.73 Å². The van der Waals surface area contributed by atoms with Crippen molar-refractivity contribution < 1.29 is 4.79 Å². The number of carbonyl (C=O) groups excluding carboxylic acids is 1. The summed E-state index contributed by atoms with van der Waals surface area (Å²) < 4.78 is 0. The van der Waals surface area contributed by atoms with Crippen molar-refractivity contribution in [1.29, 1.82) is 5.26 Å². The van der Waals surface area contributed by atoms with E-state index in [2.05, 4.69) is 11.0 Å². The highest BCUT2D eigenvalue weighted by Crippen LogP contribution is 2.30. The van der Waals surface area contributed by atoms with Crippen LogP contribution >= 0.6 is 0 Å². The van der Waals surface area contributed by atoms with Gasteiger partial charge in [-0.2, -0.15) is 5.26 Å². The average Bonchev–Trinajstić information content (AvgIpc) is 2.83. The summed E-state index contributed by atoms with van der Waals surface area (Å²) >= 11 is 0. The minimum Gasteiger partial charge on any atom is -0.340 e. The Morgan fingerprint density at radius 3 is 2.42 bits per heavy atom. The second-order valence-corrected chi connectivity index (χ2v) is 5.88. The molecule has 0 bridgehead atoms. The highest BCUT2D eigenvalue weighted by molar-refractivity contribution is 5.77. The van der Waals surface area contributed by atoms with Gasteiger partial charge >= 0.3 is 0 Å². The predicted octanol–water partition coefficient (Wildman–Crippen LogP) is 0.706. The molecule has 19 heavy (non-hydrogen) atoms. The Hall–Kier alpha value is -1.12. The molecule has 0 aromatic carbocycles. The van der Waals surface area contributed by atoms with Gasteiger partial charge in [0.15, 0.2) is 0 Å². The first-order valence-electron chi connectivity index (χ1n) is 7.29. The van der Waals surface area contributed by atoms with E-state index in [0.717, 1.165) is 58.4 Å². The van der Waals surface area contributed by atoms with Crippen molar-refractivity contribution in [3.05, 3.63) is 0 Å². The summed E-state index contributed by atoms with van der Waals surface area (Å²) in [7, 11) is 0. The Bertz CT molecular complexity index is 349. The summed E-state index contributed by atoms with van der Waals surface area (Å²) in [6.07, 6.45) is 5.37. The number of piperazine rings is 1. The average molecular weight is 264 g/mol. The van der Waals surface area contributed by atoms with Gasteiger partial charge in [-0.1, -0.05) is 12.8 Å². The van der Waals surface area contributed by atoms with E-state index in [1.807, 2.05) is 4.90 Å². The van der Waals surface area contributed by atoms with Crippen molar-refractivity contribution in [2.24, 2.45) is 5.73 Å². The zero-order chi connectivity index (χ0) is 13.7. The number of hydrogen-bond acceptors (Lipinski definition) is 4. The van der Waals surface area contributed by atoms with Crippen LogP contribution in [0.25, 0.3) is 0 Å². The van der Waals surface area contributed by atoms with Gasteiger partial charge in [0, 0.05) is 51.1 Å². The number of rotatable bonds is 4. The lowest BCUT2D eigenvalue weighted by Crippen LogP contribution is -2.51. The Balaban J connectivity index is 1.75. The van der Waals surface area contributed by atoms with Crippen molar-refractivity contribution >= 4 is 5.91 Å². The molecule has 1 saturated carbocycles. The lowest BCUT2D eigenvalue weighted by molar-refractivity contribution is -0.134. The first-order valence-corrected chi connectivity index (χ1v) is 7.29. The third-order valence-electron chi connectivity index (χ3n) is 4.37. The largest absolute Gasteiger partial charge is 0.340 e. The first-order chi connectivity index (χ1) is 9.13. The molecule has 0 spiro atoms. The Morgan fingerprint density at radius 2 is 1.84 bits per heavy atom. The molecule has 1 amide bonds. The molecule has 0 radical (unpaired) electrons. The van der Waals surface area contributed by atoms with Crippen LogP contribution in [0.1, 0.15) is 38.5 Å². The summed E-state index contributed by atoms with van der Waals surface area (Å²) in [5.41, 5.74) is 6.02. The van der Waals surface area contributed by atoms with Gasteiger partial charge in [-0.25, -0.2) is 0 Å². The van der Waals surface area contributed by atoms with Crippen LogP contribution in [0, 0.1) is 11.3 Å². The van der Waals surface area contributed by atoms with E-state index in [1.165, 1.54) is 0 Å². The fourth-order valence-electron chi connectivity index (χ4n) is 3.10. The van der Waals surface area contributed by atoms with Crippen molar-refractivity contribution in [1.82, 2.24) is 9.80 Å². The van der Waals surface area contributed by atoms with Crippen LogP contribution in [0.2, 0.25) is 0 Å². The summed E-state index contributed by atoms with van der Waals surface area (Å²) in [6.45, 7) is 4.13. The van der Waals surface area contributed by atoms with Crippen LogP contribution in [0.5, 0.6) is 0 Å². The molecule has 106 valence electrons. The zero-order valence-corrected chi connectivity index (χ0v) is 11.6. The molecule has 0 aromatic heterocycles. The Labute approximate surface area is 115 Å². The van der Waals surface area contributed by atoms with E-state index in [-0.39, 0.29) is 11.4 Å². The minimum atomic E-state index is -0.241. The predicted molar refractivity (Wildman–Crippen MR) is 73.3 cm³/mol. The van der Waals surface area contributed by atoms with E-state index >= 15 is 0 Å². The number of carbonyl (C=O) groups is 1. The number of nitrogens with zero attached hydrogens (tertiary/aromatic N) is 3. The summed E-state index contributed by atoms with van der Waals surface area (Å²) in [5.74, 6) is 0.212. The van der Waals surface area contributed by atoms with Crippen LogP contribution in [0.15, 0.2) is 0 Å². The maximum atomic E-state index is 12.3. The van der Waals surface area contributed by atoms with Crippen LogP contribution in [0.3, 0.4) is 0 Å². The van der Waals surface area contributed by atoms with Gasteiger partial charge in [-0.05, 0) is 12.8 Å². The molecule has 5 heteroatoms. The van der Waals surface area contributed by atoms with Gasteiger partial charge in [0.2, 0.25) is 5.91 Å². The van der Waals surface area contributed by atoms with Crippen LogP contribution in [-0.4, -0.2) is 54.0 Å². The van der Waals surface area contributed by atoms with Gasteiger partial charge in [0.05, 0.1) is 6.07 Å². The highest BCUT2D eigenvalue weighted by Gasteiger charge is 2.33. The zero-order valence-electron chi connectivity index (χ0n) is 11.6. The molecule has 5 nitrogen and oxygen atoms in total. The minimum absolute atomic E-state index is 0.212. The lowest BCUT2D eigenvalue weighted by Gasteiger charge is -2.36. The second-order valence-electron chi connectivity index (χ2n) is 5.88. The molecular formula is C14H24N4O. The molecule has 1 heterocycles. The molecule has 2 aliphatic rings. The van der Waals surface area contributed by atoms with Gasteiger partial charge < -0.3 is 10.6 Å². The maximum absolute atomic E-state index is 12.3. The van der Waals surface area contributed by atoms with Gasteiger partial charge in [0.1, 0.15) is 0 Å².